The second-order valence-corrected chi connectivity index (χ2v) is 6.78. The molecule has 0 unspecified atom stereocenters. The number of alkyl halides is 1. The van der Waals surface area contributed by atoms with E-state index in [0.29, 0.717) is 18.0 Å². The average Bonchev–Trinajstić information content (AvgIpc) is 2.39. The van der Waals surface area contributed by atoms with Crippen LogP contribution in [0.3, 0.4) is 0 Å². The van der Waals surface area contributed by atoms with Gasteiger partial charge in [-0.3, -0.25) is 4.79 Å². The van der Waals surface area contributed by atoms with Gasteiger partial charge in [0, 0.05) is 32.3 Å². The van der Waals surface area contributed by atoms with Crippen LogP contribution in [0, 0.1) is 5.41 Å². The number of amides is 1. The number of hydrogen-bond acceptors (Lipinski definition) is 1. The first kappa shape index (κ1) is 17.0. The van der Waals surface area contributed by atoms with Gasteiger partial charge in [-0.2, -0.15) is 0 Å². The lowest BCUT2D eigenvalue weighted by Crippen LogP contribution is -2.38. The second-order valence-electron chi connectivity index (χ2n) is 4.68. The molecule has 0 bridgehead atoms. The van der Waals surface area contributed by atoms with Crippen molar-refractivity contribution in [1.82, 2.24) is 5.32 Å². The zero-order valence-electron chi connectivity index (χ0n) is 11.1. The van der Waals surface area contributed by atoms with Crippen LogP contribution in [0.1, 0.15) is 37.0 Å². The van der Waals surface area contributed by atoms with E-state index in [1.807, 2.05) is 6.07 Å². The third-order valence-corrected chi connectivity index (χ3v) is 5.01. The van der Waals surface area contributed by atoms with Crippen molar-refractivity contribution in [2.75, 3.05) is 12.4 Å². The molecule has 106 valence electrons. The van der Waals surface area contributed by atoms with E-state index < -0.39 is 0 Å². The van der Waals surface area contributed by atoms with Crippen LogP contribution in [0.4, 0.5) is 0 Å². The second kappa shape index (κ2) is 7.65. The van der Waals surface area contributed by atoms with Crippen molar-refractivity contribution in [2.45, 2.75) is 26.7 Å². The number of carbonyl (C=O) groups excluding carboxylic acids is 1. The van der Waals surface area contributed by atoms with Crippen molar-refractivity contribution in [1.29, 1.82) is 0 Å². The molecule has 1 N–H and O–H groups in total. The van der Waals surface area contributed by atoms with Crippen molar-refractivity contribution >= 4 is 49.4 Å². The summed E-state index contributed by atoms with van der Waals surface area (Å²) in [5.41, 5.74) is 0.623. The van der Waals surface area contributed by atoms with Gasteiger partial charge in [0.25, 0.3) is 5.91 Å². The Morgan fingerprint density at radius 2 is 1.74 bits per heavy atom. The topological polar surface area (TPSA) is 29.1 Å². The van der Waals surface area contributed by atoms with Gasteiger partial charge in [0.1, 0.15) is 0 Å². The van der Waals surface area contributed by atoms with Crippen molar-refractivity contribution in [2.24, 2.45) is 5.41 Å². The average molecular weight is 412 g/mol. The Hall–Kier alpha value is -0.0600. The van der Waals surface area contributed by atoms with E-state index in [-0.39, 0.29) is 11.3 Å². The van der Waals surface area contributed by atoms with Gasteiger partial charge in [0.15, 0.2) is 0 Å². The minimum atomic E-state index is -0.0709. The highest BCUT2D eigenvalue weighted by molar-refractivity contribution is 9.11. The maximum Gasteiger partial charge on any atom is 0.251 e. The highest BCUT2D eigenvalue weighted by atomic mass is 79.9. The van der Waals surface area contributed by atoms with Gasteiger partial charge >= 0.3 is 0 Å². The lowest BCUT2D eigenvalue weighted by molar-refractivity contribution is 0.0931. The summed E-state index contributed by atoms with van der Waals surface area (Å²) >= 11 is 12.8. The summed E-state index contributed by atoms with van der Waals surface area (Å²) in [5, 5.41) is 2.98. The van der Waals surface area contributed by atoms with E-state index in [4.69, 9.17) is 11.6 Å². The van der Waals surface area contributed by atoms with Crippen LogP contribution in [-0.4, -0.2) is 18.3 Å². The Balaban J connectivity index is 2.74. The van der Waals surface area contributed by atoms with Gasteiger partial charge in [0.05, 0.1) is 0 Å². The molecular weight excluding hydrogens is 393 g/mol. The lowest BCUT2D eigenvalue weighted by Gasteiger charge is -2.29. The first-order chi connectivity index (χ1) is 8.96. The number of nitrogens with one attached hydrogen (secondary N) is 1. The predicted molar refractivity (Wildman–Crippen MR) is 87.9 cm³/mol. The van der Waals surface area contributed by atoms with Crippen LogP contribution in [0.25, 0.3) is 0 Å². The van der Waals surface area contributed by atoms with E-state index in [2.05, 4.69) is 51.0 Å². The zero-order valence-corrected chi connectivity index (χ0v) is 15.0. The summed E-state index contributed by atoms with van der Waals surface area (Å²) < 4.78 is 1.75. The molecule has 1 rings (SSSR count). The monoisotopic (exact) mass is 409 g/mol. The molecule has 0 aliphatic rings. The quantitative estimate of drug-likeness (QED) is 0.657. The predicted octanol–water partition coefficient (Wildman–Crippen LogP) is 4.99. The smallest absolute Gasteiger partial charge is 0.251 e. The number of hydrogen-bond donors (Lipinski definition) is 1. The van der Waals surface area contributed by atoms with E-state index in [1.165, 1.54) is 0 Å². The van der Waals surface area contributed by atoms with Crippen LogP contribution in [0.5, 0.6) is 0 Å². The fraction of sp³-hybridized carbons (Fsp3) is 0.500. The molecule has 0 heterocycles. The molecule has 1 aromatic rings. The van der Waals surface area contributed by atoms with E-state index in [0.717, 1.165) is 21.8 Å². The molecule has 0 aliphatic heterocycles. The molecule has 1 amide bonds. The van der Waals surface area contributed by atoms with Gasteiger partial charge in [-0.25, -0.2) is 0 Å². The molecule has 2 nitrogen and oxygen atoms in total. The third-order valence-electron chi connectivity index (χ3n) is 3.53. The van der Waals surface area contributed by atoms with Crippen LogP contribution in [-0.2, 0) is 0 Å². The number of halogens is 3. The fourth-order valence-electron chi connectivity index (χ4n) is 1.79. The molecule has 0 fully saturated rings. The highest BCUT2D eigenvalue weighted by Gasteiger charge is 2.25. The van der Waals surface area contributed by atoms with E-state index in [9.17, 15) is 4.79 Å². The van der Waals surface area contributed by atoms with Crippen molar-refractivity contribution in [3.8, 4) is 0 Å². The summed E-state index contributed by atoms with van der Waals surface area (Å²) in [7, 11) is 0. The molecule has 1 aromatic carbocycles. The summed E-state index contributed by atoms with van der Waals surface area (Å²) in [6.45, 7) is 4.81. The van der Waals surface area contributed by atoms with E-state index in [1.54, 1.807) is 12.1 Å². The maximum absolute atomic E-state index is 12.1. The minimum Gasteiger partial charge on any atom is -0.351 e. The number of benzene rings is 1. The van der Waals surface area contributed by atoms with Gasteiger partial charge in [-0.1, -0.05) is 45.7 Å². The van der Waals surface area contributed by atoms with Crippen molar-refractivity contribution in [3.05, 3.63) is 32.7 Å². The van der Waals surface area contributed by atoms with Gasteiger partial charge in [-0.15, -0.1) is 11.6 Å². The summed E-state index contributed by atoms with van der Waals surface area (Å²) in [6, 6.07) is 5.51. The van der Waals surface area contributed by atoms with Crippen LogP contribution in [0.15, 0.2) is 27.1 Å². The summed E-state index contributed by atoms with van der Waals surface area (Å²) in [5.74, 6) is 0.487. The van der Waals surface area contributed by atoms with Crippen molar-refractivity contribution in [3.63, 3.8) is 0 Å². The maximum atomic E-state index is 12.1. The van der Waals surface area contributed by atoms with E-state index >= 15 is 0 Å². The third kappa shape index (κ3) is 4.76. The number of carbonyl (C=O) groups is 1. The highest BCUT2D eigenvalue weighted by Crippen LogP contribution is 2.27. The van der Waals surface area contributed by atoms with Gasteiger partial charge in [0.2, 0.25) is 0 Å². The Morgan fingerprint density at radius 1 is 1.21 bits per heavy atom. The van der Waals surface area contributed by atoms with Gasteiger partial charge < -0.3 is 5.32 Å². The van der Waals surface area contributed by atoms with Crippen molar-refractivity contribution < 1.29 is 4.79 Å². The Morgan fingerprint density at radius 3 is 2.16 bits per heavy atom. The zero-order chi connectivity index (χ0) is 14.5. The Kier molecular flexibility index (Phi) is 6.84. The van der Waals surface area contributed by atoms with Crippen LogP contribution in [0.2, 0.25) is 0 Å². The SMILES string of the molecule is CCC(CC)(CCl)CNC(=O)c1cc(Br)cc(Br)c1. The van der Waals surface area contributed by atoms with Crippen LogP contribution >= 0.6 is 43.5 Å². The minimum absolute atomic E-state index is 0.0134. The first-order valence-electron chi connectivity index (χ1n) is 6.26. The molecule has 0 aliphatic carbocycles. The first-order valence-corrected chi connectivity index (χ1v) is 8.38. The molecule has 0 saturated carbocycles. The molecular formula is C14H18Br2ClNO. The lowest BCUT2D eigenvalue weighted by atomic mass is 9.84. The molecule has 0 radical (unpaired) electrons. The normalized spacial score (nSPS) is 11.4. The largest absolute Gasteiger partial charge is 0.351 e. The molecule has 0 saturated heterocycles. The standard InChI is InChI=1S/C14H18Br2ClNO/c1-3-14(4-2,8-17)9-18-13(19)10-5-11(15)7-12(16)6-10/h5-7H,3-4,8-9H2,1-2H3,(H,18,19). The number of rotatable bonds is 6. The molecule has 0 atom stereocenters. The molecule has 5 heteroatoms. The molecule has 0 aromatic heterocycles. The molecule has 19 heavy (non-hydrogen) atoms. The fourth-order valence-corrected chi connectivity index (χ4v) is 3.56. The van der Waals surface area contributed by atoms with Gasteiger partial charge in [-0.05, 0) is 31.0 Å². The summed E-state index contributed by atoms with van der Waals surface area (Å²) in [6.07, 6.45) is 1.91. The van der Waals surface area contributed by atoms with Crippen LogP contribution < -0.4 is 5.32 Å². The molecule has 0 spiro atoms. The Labute approximate surface area is 136 Å². The summed E-state index contributed by atoms with van der Waals surface area (Å²) in [4.78, 5) is 12.1. The Bertz CT molecular complexity index is 419.